The van der Waals surface area contributed by atoms with Crippen molar-refractivity contribution in [2.45, 2.75) is 51.4 Å². The number of aliphatic hydroxyl groups excluding tert-OH is 1. The number of rotatable bonds is 7. The quantitative estimate of drug-likeness (QED) is 0.840. The summed E-state index contributed by atoms with van der Waals surface area (Å²) in [5.74, 6) is 0.647. The summed E-state index contributed by atoms with van der Waals surface area (Å²) in [5.41, 5.74) is 0.897. The summed E-state index contributed by atoms with van der Waals surface area (Å²) in [6.45, 7) is -2.55. The van der Waals surface area contributed by atoms with Crippen LogP contribution in [0.5, 0.6) is 5.75 Å². The molecule has 0 bridgehead atoms. The van der Waals surface area contributed by atoms with Gasteiger partial charge in [0.1, 0.15) is 11.4 Å². The number of benzene rings is 1. The molecule has 1 aliphatic carbocycles. The molecule has 0 aliphatic heterocycles. The van der Waals surface area contributed by atoms with Crippen LogP contribution in [0.3, 0.4) is 0 Å². The van der Waals surface area contributed by atoms with E-state index in [1.807, 2.05) is 0 Å². The zero-order chi connectivity index (χ0) is 16.9. The first-order valence-corrected chi connectivity index (χ1v) is 8.24. The van der Waals surface area contributed by atoms with Gasteiger partial charge in [0, 0.05) is 5.56 Å². The lowest BCUT2D eigenvalue weighted by Gasteiger charge is -2.14. The number of ether oxygens (including phenoxy) is 1. The van der Waals surface area contributed by atoms with Gasteiger partial charge in [-0.2, -0.15) is 8.78 Å². The Balaban J connectivity index is 1.67. The van der Waals surface area contributed by atoms with Gasteiger partial charge in [0.2, 0.25) is 0 Å². The molecule has 1 fully saturated rings. The molecule has 1 N–H and O–H groups in total. The number of halogens is 2. The average molecular weight is 337 g/mol. The molecule has 0 amide bonds. The van der Waals surface area contributed by atoms with Crippen molar-refractivity contribution in [3.8, 4) is 17.0 Å². The van der Waals surface area contributed by atoms with Crippen molar-refractivity contribution < 1.29 is 18.6 Å². The van der Waals surface area contributed by atoms with Crippen molar-refractivity contribution in [1.29, 1.82) is 0 Å². The first-order valence-electron chi connectivity index (χ1n) is 8.24. The van der Waals surface area contributed by atoms with Crippen LogP contribution >= 0.6 is 0 Å². The summed E-state index contributed by atoms with van der Waals surface area (Å²) in [5, 5.41) is 18.2. The van der Waals surface area contributed by atoms with Gasteiger partial charge in [-0.3, -0.25) is 0 Å². The highest BCUT2D eigenvalue weighted by molar-refractivity contribution is 5.66. The molecule has 1 heterocycles. The summed E-state index contributed by atoms with van der Waals surface area (Å²) >= 11 is 0. The highest BCUT2D eigenvalue weighted by atomic mass is 19.3. The third-order valence-electron chi connectivity index (χ3n) is 4.40. The molecule has 0 spiro atoms. The number of para-hydroxylation sites is 1. The molecule has 2 aromatic rings. The van der Waals surface area contributed by atoms with E-state index in [4.69, 9.17) is 0 Å². The minimum absolute atomic E-state index is 0.0612. The highest BCUT2D eigenvalue weighted by Gasteiger charge is 2.20. The SMILES string of the molecule is OC(CC1CCCC1)Cn1cc(-c2ccccc2OC(F)F)nn1. The van der Waals surface area contributed by atoms with E-state index in [2.05, 4.69) is 15.0 Å². The Hall–Kier alpha value is -2.02. The fraction of sp³-hybridized carbons (Fsp3) is 0.529. The van der Waals surface area contributed by atoms with E-state index in [1.54, 1.807) is 29.1 Å². The van der Waals surface area contributed by atoms with Crippen LogP contribution in [0.4, 0.5) is 8.78 Å². The van der Waals surface area contributed by atoms with Crippen LogP contribution in [-0.4, -0.2) is 32.8 Å². The number of alkyl halides is 2. The van der Waals surface area contributed by atoms with Gasteiger partial charge in [0.25, 0.3) is 0 Å². The average Bonchev–Trinajstić information content (AvgIpc) is 3.19. The van der Waals surface area contributed by atoms with Crippen molar-refractivity contribution in [3.63, 3.8) is 0 Å². The lowest BCUT2D eigenvalue weighted by Crippen LogP contribution is -2.19. The Kier molecular flexibility index (Phi) is 5.40. The van der Waals surface area contributed by atoms with Crippen LogP contribution in [0.15, 0.2) is 30.5 Å². The van der Waals surface area contributed by atoms with Gasteiger partial charge in [0.15, 0.2) is 0 Å². The Morgan fingerprint density at radius 3 is 2.75 bits per heavy atom. The second-order valence-corrected chi connectivity index (χ2v) is 6.24. The summed E-state index contributed by atoms with van der Waals surface area (Å²) < 4.78 is 31.0. The van der Waals surface area contributed by atoms with Crippen molar-refractivity contribution in [1.82, 2.24) is 15.0 Å². The Morgan fingerprint density at radius 1 is 1.25 bits per heavy atom. The third kappa shape index (κ3) is 4.29. The zero-order valence-electron chi connectivity index (χ0n) is 13.3. The molecule has 24 heavy (non-hydrogen) atoms. The number of aromatic nitrogens is 3. The van der Waals surface area contributed by atoms with Crippen molar-refractivity contribution in [2.75, 3.05) is 0 Å². The highest BCUT2D eigenvalue weighted by Crippen LogP contribution is 2.30. The molecule has 0 radical (unpaired) electrons. The second-order valence-electron chi connectivity index (χ2n) is 6.24. The molecule has 1 atom stereocenters. The minimum Gasteiger partial charge on any atom is -0.434 e. The molecular formula is C17H21F2N3O2. The van der Waals surface area contributed by atoms with Crippen molar-refractivity contribution in [2.24, 2.45) is 5.92 Å². The van der Waals surface area contributed by atoms with E-state index in [9.17, 15) is 13.9 Å². The second kappa shape index (κ2) is 7.70. The fourth-order valence-electron chi connectivity index (χ4n) is 3.31. The van der Waals surface area contributed by atoms with Crippen molar-refractivity contribution >= 4 is 0 Å². The first kappa shape index (κ1) is 16.8. The van der Waals surface area contributed by atoms with Gasteiger partial charge < -0.3 is 9.84 Å². The number of nitrogens with zero attached hydrogens (tertiary/aromatic N) is 3. The predicted molar refractivity (Wildman–Crippen MR) is 84.7 cm³/mol. The van der Waals surface area contributed by atoms with E-state index in [1.165, 1.54) is 31.7 Å². The van der Waals surface area contributed by atoms with E-state index in [-0.39, 0.29) is 5.75 Å². The molecule has 3 rings (SSSR count). The fourth-order valence-corrected chi connectivity index (χ4v) is 3.31. The monoisotopic (exact) mass is 337 g/mol. The minimum atomic E-state index is -2.89. The summed E-state index contributed by atoms with van der Waals surface area (Å²) in [7, 11) is 0. The summed E-state index contributed by atoms with van der Waals surface area (Å²) in [6, 6.07) is 6.47. The molecule has 1 aliphatic rings. The van der Waals surface area contributed by atoms with Crippen molar-refractivity contribution in [3.05, 3.63) is 30.5 Å². The molecule has 0 saturated heterocycles. The van der Waals surface area contributed by atoms with Gasteiger partial charge in [-0.25, -0.2) is 4.68 Å². The maximum absolute atomic E-state index is 12.5. The van der Waals surface area contributed by atoms with Crippen LogP contribution < -0.4 is 4.74 Å². The molecule has 130 valence electrons. The van der Waals surface area contributed by atoms with Gasteiger partial charge in [-0.15, -0.1) is 5.10 Å². The molecule has 7 heteroatoms. The number of hydrogen-bond donors (Lipinski definition) is 1. The van der Waals surface area contributed by atoms with Gasteiger partial charge in [-0.1, -0.05) is 43.0 Å². The van der Waals surface area contributed by atoms with E-state index >= 15 is 0 Å². The largest absolute Gasteiger partial charge is 0.434 e. The van der Waals surface area contributed by atoms with Crippen LogP contribution in [0.2, 0.25) is 0 Å². The van der Waals surface area contributed by atoms with Crippen LogP contribution in [0.25, 0.3) is 11.3 Å². The van der Waals surface area contributed by atoms with Gasteiger partial charge in [-0.05, 0) is 24.5 Å². The normalized spacial score (nSPS) is 16.7. The Morgan fingerprint density at radius 2 is 2.00 bits per heavy atom. The maximum Gasteiger partial charge on any atom is 0.387 e. The Labute approximate surface area is 139 Å². The number of hydrogen-bond acceptors (Lipinski definition) is 4. The molecule has 1 aromatic heterocycles. The maximum atomic E-state index is 12.5. The van der Waals surface area contributed by atoms with Gasteiger partial charge >= 0.3 is 6.61 Å². The number of aliphatic hydroxyl groups is 1. The van der Waals surface area contributed by atoms with E-state index in [0.717, 1.165) is 6.42 Å². The van der Waals surface area contributed by atoms with Crippen LogP contribution in [0.1, 0.15) is 32.1 Å². The summed E-state index contributed by atoms with van der Waals surface area (Å²) in [6.07, 6.45) is 6.77. The van der Waals surface area contributed by atoms with E-state index < -0.39 is 12.7 Å². The lowest BCUT2D eigenvalue weighted by atomic mass is 10.0. The topological polar surface area (TPSA) is 60.2 Å². The molecule has 1 saturated carbocycles. The third-order valence-corrected chi connectivity index (χ3v) is 4.40. The smallest absolute Gasteiger partial charge is 0.387 e. The Bertz CT molecular complexity index is 657. The van der Waals surface area contributed by atoms with Gasteiger partial charge in [0.05, 0.1) is 18.8 Å². The predicted octanol–water partition coefficient (Wildman–Crippen LogP) is 3.49. The zero-order valence-corrected chi connectivity index (χ0v) is 13.3. The lowest BCUT2D eigenvalue weighted by molar-refractivity contribution is -0.0494. The van der Waals surface area contributed by atoms with Crippen LogP contribution in [0, 0.1) is 5.92 Å². The molecule has 5 nitrogen and oxygen atoms in total. The molecule has 1 unspecified atom stereocenters. The molecule has 1 aromatic carbocycles. The summed E-state index contributed by atoms with van der Waals surface area (Å²) in [4.78, 5) is 0. The molecular weight excluding hydrogens is 316 g/mol. The van der Waals surface area contributed by atoms with Crippen LogP contribution in [-0.2, 0) is 6.54 Å². The standard InChI is InChI=1S/C17H21F2N3O2/c18-17(19)24-16-8-4-3-7-14(16)15-11-22(21-20-15)10-13(23)9-12-5-1-2-6-12/h3-4,7-8,11-13,17,23H,1-2,5-6,9-10H2. The van der Waals surface area contributed by atoms with E-state index in [0.29, 0.717) is 23.7 Å². The first-order chi connectivity index (χ1) is 11.6.